The molecule has 0 amide bonds. The van der Waals surface area contributed by atoms with E-state index in [1.807, 2.05) is 23.9 Å². The Morgan fingerprint density at radius 1 is 1.55 bits per heavy atom. The summed E-state index contributed by atoms with van der Waals surface area (Å²) in [6, 6.07) is 1.98. The summed E-state index contributed by atoms with van der Waals surface area (Å²) in [5.41, 5.74) is 0.977. The van der Waals surface area contributed by atoms with Gasteiger partial charge in [-0.25, -0.2) is 0 Å². The molecule has 2 N–H and O–H groups in total. The van der Waals surface area contributed by atoms with Gasteiger partial charge in [-0.05, 0) is 5.92 Å². The first-order valence-electron chi connectivity index (χ1n) is 6.76. The number of guanidine groups is 1. The van der Waals surface area contributed by atoms with Crippen molar-refractivity contribution in [2.24, 2.45) is 4.99 Å². The SMILES string of the molecule is C=CCSCCNC(=NC)NCc1cc(C(C)C)no1. The van der Waals surface area contributed by atoms with Crippen molar-refractivity contribution in [1.82, 2.24) is 15.8 Å². The number of nitrogens with one attached hydrogen (secondary N) is 2. The Labute approximate surface area is 125 Å². The van der Waals surface area contributed by atoms with Crippen LogP contribution in [0.15, 0.2) is 28.2 Å². The van der Waals surface area contributed by atoms with Gasteiger partial charge in [0.05, 0.1) is 12.2 Å². The molecule has 0 fully saturated rings. The first-order valence-corrected chi connectivity index (χ1v) is 7.91. The van der Waals surface area contributed by atoms with E-state index < -0.39 is 0 Å². The van der Waals surface area contributed by atoms with E-state index in [1.165, 1.54) is 0 Å². The predicted octanol–water partition coefficient (Wildman–Crippen LogP) is 2.38. The van der Waals surface area contributed by atoms with Crippen LogP contribution in [0.4, 0.5) is 0 Å². The summed E-state index contributed by atoms with van der Waals surface area (Å²) < 4.78 is 5.27. The minimum atomic E-state index is 0.381. The van der Waals surface area contributed by atoms with Crippen LogP contribution in [-0.2, 0) is 6.54 Å². The molecule has 1 heterocycles. The Morgan fingerprint density at radius 2 is 2.35 bits per heavy atom. The molecule has 1 aromatic rings. The van der Waals surface area contributed by atoms with Crippen LogP contribution in [0.1, 0.15) is 31.2 Å². The highest BCUT2D eigenvalue weighted by Gasteiger charge is 2.07. The van der Waals surface area contributed by atoms with E-state index in [-0.39, 0.29) is 0 Å². The van der Waals surface area contributed by atoms with Crippen LogP contribution in [0.2, 0.25) is 0 Å². The molecule has 0 saturated carbocycles. The third-order valence-electron chi connectivity index (χ3n) is 2.60. The largest absolute Gasteiger partial charge is 0.359 e. The maximum absolute atomic E-state index is 5.27. The zero-order valence-electron chi connectivity index (χ0n) is 12.5. The molecule has 0 bridgehead atoms. The fourth-order valence-electron chi connectivity index (χ4n) is 1.48. The highest BCUT2D eigenvalue weighted by atomic mass is 32.2. The van der Waals surface area contributed by atoms with E-state index >= 15 is 0 Å². The maximum Gasteiger partial charge on any atom is 0.191 e. The van der Waals surface area contributed by atoms with Gasteiger partial charge in [0.15, 0.2) is 11.7 Å². The standard InChI is InChI=1S/C14H24N4OS/c1-5-7-20-8-6-16-14(15-4)17-10-12-9-13(11(2)3)18-19-12/h5,9,11H,1,6-8,10H2,2-4H3,(H2,15,16,17). The Morgan fingerprint density at radius 3 is 2.95 bits per heavy atom. The molecule has 5 nitrogen and oxygen atoms in total. The number of rotatable bonds is 8. The van der Waals surface area contributed by atoms with Crippen LogP contribution in [-0.4, -0.2) is 36.2 Å². The van der Waals surface area contributed by atoms with Gasteiger partial charge in [0.1, 0.15) is 0 Å². The zero-order chi connectivity index (χ0) is 14.8. The zero-order valence-corrected chi connectivity index (χ0v) is 13.3. The van der Waals surface area contributed by atoms with E-state index in [2.05, 4.69) is 41.2 Å². The molecule has 6 heteroatoms. The lowest BCUT2D eigenvalue weighted by Gasteiger charge is -2.10. The fourth-order valence-corrected chi connectivity index (χ4v) is 2.06. The van der Waals surface area contributed by atoms with Gasteiger partial charge in [-0.1, -0.05) is 25.1 Å². The van der Waals surface area contributed by atoms with Crippen molar-refractivity contribution >= 4 is 17.7 Å². The average Bonchev–Trinajstić information content (AvgIpc) is 2.91. The number of nitrogens with zero attached hydrogens (tertiary/aromatic N) is 2. The molecule has 0 radical (unpaired) electrons. The lowest BCUT2D eigenvalue weighted by Crippen LogP contribution is -2.37. The summed E-state index contributed by atoms with van der Waals surface area (Å²) in [5.74, 6) is 3.97. The third-order valence-corrected chi connectivity index (χ3v) is 3.56. The summed E-state index contributed by atoms with van der Waals surface area (Å²) in [6.07, 6.45) is 1.91. The monoisotopic (exact) mass is 296 g/mol. The second kappa shape index (κ2) is 9.47. The fraction of sp³-hybridized carbons (Fsp3) is 0.571. The number of aliphatic imine (C=N–C) groups is 1. The molecule has 112 valence electrons. The van der Waals surface area contributed by atoms with E-state index in [1.54, 1.807) is 7.05 Å². The second-order valence-electron chi connectivity index (χ2n) is 4.59. The smallest absolute Gasteiger partial charge is 0.191 e. The van der Waals surface area contributed by atoms with Crippen LogP contribution >= 0.6 is 11.8 Å². The average molecular weight is 296 g/mol. The van der Waals surface area contributed by atoms with E-state index in [9.17, 15) is 0 Å². The molecule has 0 aliphatic heterocycles. The summed E-state index contributed by atoms with van der Waals surface area (Å²) in [6.45, 7) is 9.33. The number of aromatic nitrogens is 1. The lowest BCUT2D eigenvalue weighted by molar-refractivity contribution is 0.372. The Balaban J connectivity index is 2.28. The highest BCUT2D eigenvalue weighted by molar-refractivity contribution is 7.99. The Bertz CT molecular complexity index is 429. The van der Waals surface area contributed by atoms with E-state index in [0.29, 0.717) is 12.5 Å². The van der Waals surface area contributed by atoms with Crippen LogP contribution in [0.25, 0.3) is 0 Å². The van der Waals surface area contributed by atoms with Crippen molar-refractivity contribution in [2.45, 2.75) is 26.3 Å². The van der Waals surface area contributed by atoms with Crippen molar-refractivity contribution in [3.63, 3.8) is 0 Å². The molecule has 20 heavy (non-hydrogen) atoms. The quantitative estimate of drug-likeness (QED) is 0.334. The van der Waals surface area contributed by atoms with Crippen LogP contribution in [0, 0.1) is 0 Å². The van der Waals surface area contributed by atoms with Gasteiger partial charge in [-0.15, -0.1) is 6.58 Å². The van der Waals surface area contributed by atoms with Gasteiger partial charge >= 0.3 is 0 Å². The minimum absolute atomic E-state index is 0.381. The summed E-state index contributed by atoms with van der Waals surface area (Å²) in [7, 11) is 1.76. The maximum atomic E-state index is 5.27. The Kier molecular flexibility index (Phi) is 7.87. The number of thioether (sulfide) groups is 1. The molecule has 0 saturated heterocycles. The molecule has 0 aliphatic rings. The first kappa shape index (κ1) is 16.6. The molecule has 0 aromatic carbocycles. The molecule has 1 rings (SSSR count). The van der Waals surface area contributed by atoms with E-state index in [4.69, 9.17) is 4.52 Å². The third kappa shape index (κ3) is 6.14. The molecule has 0 spiro atoms. The van der Waals surface area contributed by atoms with Gasteiger partial charge < -0.3 is 15.2 Å². The molecule has 0 aliphatic carbocycles. The molecule has 0 unspecified atom stereocenters. The summed E-state index contributed by atoms with van der Waals surface area (Å²) >= 11 is 1.83. The minimum Gasteiger partial charge on any atom is -0.359 e. The van der Waals surface area contributed by atoms with Gasteiger partial charge in [-0.3, -0.25) is 4.99 Å². The van der Waals surface area contributed by atoms with Crippen molar-refractivity contribution in [1.29, 1.82) is 0 Å². The summed E-state index contributed by atoms with van der Waals surface area (Å²) in [4.78, 5) is 4.17. The van der Waals surface area contributed by atoms with Gasteiger partial charge in [0.25, 0.3) is 0 Å². The number of hydrogen-bond acceptors (Lipinski definition) is 4. The van der Waals surface area contributed by atoms with Crippen molar-refractivity contribution in [3.8, 4) is 0 Å². The van der Waals surface area contributed by atoms with Gasteiger partial charge in [0.2, 0.25) is 0 Å². The summed E-state index contributed by atoms with van der Waals surface area (Å²) in [5, 5.41) is 10.5. The van der Waals surface area contributed by atoms with Gasteiger partial charge in [-0.2, -0.15) is 11.8 Å². The molecule has 0 atom stereocenters. The first-order chi connectivity index (χ1) is 9.67. The van der Waals surface area contributed by atoms with Crippen molar-refractivity contribution < 1.29 is 4.52 Å². The second-order valence-corrected chi connectivity index (χ2v) is 5.74. The molecule has 1 aromatic heterocycles. The van der Waals surface area contributed by atoms with Crippen LogP contribution in [0.3, 0.4) is 0 Å². The molecular weight excluding hydrogens is 272 g/mol. The normalized spacial score (nSPS) is 11.7. The van der Waals surface area contributed by atoms with Crippen LogP contribution < -0.4 is 10.6 Å². The highest BCUT2D eigenvalue weighted by Crippen LogP contribution is 2.13. The van der Waals surface area contributed by atoms with Crippen molar-refractivity contribution in [3.05, 3.63) is 30.2 Å². The Hall–Kier alpha value is -1.43. The predicted molar refractivity (Wildman–Crippen MR) is 86.3 cm³/mol. The lowest BCUT2D eigenvalue weighted by atomic mass is 10.1. The van der Waals surface area contributed by atoms with Gasteiger partial charge in [0, 0.05) is 31.2 Å². The topological polar surface area (TPSA) is 62.5 Å². The van der Waals surface area contributed by atoms with Crippen molar-refractivity contribution in [2.75, 3.05) is 25.1 Å². The molecular formula is C14H24N4OS. The van der Waals surface area contributed by atoms with E-state index in [0.717, 1.165) is 35.5 Å². The van der Waals surface area contributed by atoms with Crippen LogP contribution in [0.5, 0.6) is 0 Å². The number of hydrogen-bond donors (Lipinski definition) is 2.